The SMILES string of the molecule is CC(=O)[C@@H]1C[C@H]2CC(=O)CC[C@H]2CN1C. The number of Topliss-reactive ketones (excluding diaryl/α,β-unsaturated/α-hetero) is 2. The first-order valence-electron chi connectivity index (χ1n) is 5.80. The summed E-state index contributed by atoms with van der Waals surface area (Å²) in [5, 5.41) is 0. The van der Waals surface area contributed by atoms with Crippen molar-refractivity contribution in [1.29, 1.82) is 0 Å². The highest BCUT2D eigenvalue weighted by atomic mass is 16.1. The molecular weight excluding hydrogens is 190 g/mol. The molecule has 0 spiro atoms. The zero-order valence-electron chi connectivity index (χ0n) is 9.53. The fraction of sp³-hybridized carbons (Fsp3) is 0.833. The highest BCUT2D eigenvalue weighted by molar-refractivity contribution is 5.82. The van der Waals surface area contributed by atoms with Gasteiger partial charge in [-0.1, -0.05) is 0 Å². The van der Waals surface area contributed by atoms with Crippen LogP contribution in [0.1, 0.15) is 32.6 Å². The molecule has 2 fully saturated rings. The van der Waals surface area contributed by atoms with Gasteiger partial charge in [-0.25, -0.2) is 0 Å². The Balaban J connectivity index is 2.06. The first-order valence-corrected chi connectivity index (χ1v) is 5.80. The summed E-state index contributed by atoms with van der Waals surface area (Å²) >= 11 is 0. The Morgan fingerprint density at radius 2 is 2.13 bits per heavy atom. The summed E-state index contributed by atoms with van der Waals surface area (Å²) in [6.45, 7) is 2.65. The maximum atomic E-state index is 11.4. The van der Waals surface area contributed by atoms with Crippen LogP contribution in [0.4, 0.5) is 0 Å². The number of likely N-dealkylation sites (tertiary alicyclic amines) is 1. The number of fused-ring (bicyclic) bond motifs is 1. The third-order valence-corrected chi connectivity index (χ3v) is 4.00. The van der Waals surface area contributed by atoms with Crippen molar-refractivity contribution in [2.75, 3.05) is 13.6 Å². The Bertz CT molecular complexity index is 287. The molecule has 3 heteroatoms. The number of likely N-dealkylation sites (N-methyl/N-ethyl adjacent to an activating group) is 1. The van der Waals surface area contributed by atoms with Crippen molar-refractivity contribution < 1.29 is 9.59 Å². The van der Waals surface area contributed by atoms with Gasteiger partial charge in [0.15, 0.2) is 0 Å². The van der Waals surface area contributed by atoms with Gasteiger partial charge in [0.05, 0.1) is 6.04 Å². The van der Waals surface area contributed by atoms with Crippen LogP contribution in [0.25, 0.3) is 0 Å². The Hall–Kier alpha value is -0.700. The number of carbonyl (C=O) groups excluding carboxylic acids is 2. The largest absolute Gasteiger partial charge is 0.300 e. The lowest BCUT2D eigenvalue weighted by Crippen LogP contribution is -2.49. The molecule has 15 heavy (non-hydrogen) atoms. The molecule has 3 atom stereocenters. The van der Waals surface area contributed by atoms with Crippen LogP contribution in [0.2, 0.25) is 0 Å². The van der Waals surface area contributed by atoms with E-state index in [2.05, 4.69) is 4.90 Å². The first kappa shape index (κ1) is 10.8. The normalized spacial score (nSPS) is 37.5. The van der Waals surface area contributed by atoms with E-state index >= 15 is 0 Å². The molecule has 1 heterocycles. The van der Waals surface area contributed by atoms with Gasteiger partial charge in [-0.3, -0.25) is 14.5 Å². The van der Waals surface area contributed by atoms with E-state index in [-0.39, 0.29) is 11.8 Å². The van der Waals surface area contributed by atoms with Gasteiger partial charge in [0.25, 0.3) is 0 Å². The lowest BCUT2D eigenvalue weighted by atomic mass is 9.72. The predicted octanol–water partition coefficient (Wildman–Crippen LogP) is 1.26. The maximum absolute atomic E-state index is 11.4. The minimum atomic E-state index is 0.0529. The van der Waals surface area contributed by atoms with Crippen molar-refractivity contribution in [3.05, 3.63) is 0 Å². The van der Waals surface area contributed by atoms with Crippen LogP contribution < -0.4 is 0 Å². The number of carbonyl (C=O) groups is 2. The standard InChI is InChI=1S/C12H19NO2/c1-8(14)12-6-10-5-11(15)4-3-9(10)7-13(12)2/h9-10,12H,3-7H2,1-2H3/t9-,10+,12-/m0/s1. The lowest BCUT2D eigenvalue weighted by molar-refractivity contribution is -0.129. The zero-order chi connectivity index (χ0) is 11.0. The summed E-state index contributed by atoms with van der Waals surface area (Å²) in [4.78, 5) is 25.0. The second-order valence-corrected chi connectivity index (χ2v) is 5.10. The summed E-state index contributed by atoms with van der Waals surface area (Å²) in [7, 11) is 2.03. The fourth-order valence-corrected chi connectivity index (χ4v) is 3.10. The average molecular weight is 209 g/mol. The number of piperidine rings is 1. The van der Waals surface area contributed by atoms with Crippen molar-refractivity contribution in [2.45, 2.75) is 38.6 Å². The Morgan fingerprint density at radius 3 is 2.80 bits per heavy atom. The summed E-state index contributed by atoms with van der Waals surface area (Å²) in [5.41, 5.74) is 0. The van der Waals surface area contributed by atoms with Gasteiger partial charge in [-0.2, -0.15) is 0 Å². The molecule has 0 bridgehead atoms. The van der Waals surface area contributed by atoms with Crippen LogP contribution in [-0.2, 0) is 9.59 Å². The summed E-state index contributed by atoms with van der Waals surface area (Å²) < 4.78 is 0. The Kier molecular flexibility index (Phi) is 2.91. The highest BCUT2D eigenvalue weighted by Crippen LogP contribution is 2.36. The van der Waals surface area contributed by atoms with E-state index in [4.69, 9.17) is 0 Å². The van der Waals surface area contributed by atoms with E-state index in [1.165, 1.54) is 0 Å². The van der Waals surface area contributed by atoms with Crippen molar-refractivity contribution >= 4 is 11.6 Å². The monoisotopic (exact) mass is 209 g/mol. The third kappa shape index (κ3) is 2.12. The van der Waals surface area contributed by atoms with E-state index in [0.29, 0.717) is 24.0 Å². The molecule has 0 aromatic carbocycles. The molecule has 2 aliphatic rings. The van der Waals surface area contributed by atoms with Gasteiger partial charge in [-0.15, -0.1) is 0 Å². The van der Waals surface area contributed by atoms with E-state index < -0.39 is 0 Å². The Labute approximate surface area is 90.8 Å². The van der Waals surface area contributed by atoms with Crippen LogP contribution in [0.5, 0.6) is 0 Å². The number of nitrogens with zero attached hydrogens (tertiary/aromatic N) is 1. The van der Waals surface area contributed by atoms with Crippen LogP contribution in [0, 0.1) is 11.8 Å². The van der Waals surface area contributed by atoms with E-state index in [1.807, 2.05) is 7.05 Å². The number of ketones is 2. The molecule has 0 aromatic heterocycles. The van der Waals surface area contributed by atoms with Crippen LogP contribution in [0.3, 0.4) is 0 Å². The predicted molar refractivity (Wildman–Crippen MR) is 57.6 cm³/mol. The fourth-order valence-electron chi connectivity index (χ4n) is 3.10. The molecule has 2 rings (SSSR count). The number of hydrogen-bond acceptors (Lipinski definition) is 3. The molecule has 1 saturated carbocycles. The topological polar surface area (TPSA) is 37.4 Å². The minimum Gasteiger partial charge on any atom is -0.300 e. The summed E-state index contributed by atoms with van der Waals surface area (Å²) in [5.74, 6) is 1.75. The van der Waals surface area contributed by atoms with Crippen molar-refractivity contribution in [1.82, 2.24) is 4.90 Å². The van der Waals surface area contributed by atoms with Crippen LogP contribution in [-0.4, -0.2) is 36.1 Å². The third-order valence-electron chi connectivity index (χ3n) is 4.00. The molecule has 84 valence electrons. The second kappa shape index (κ2) is 4.05. The van der Waals surface area contributed by atoms with Crippen LogP contribution >= 0.6 is 0 Å². The zero-order valence-corrected chi connectivity index (χ0v) is 9.53. The average Bonchev–Trinajstić information content (AvgIpc) is 2.17. The molecule has 0 amide bonds. The van der Waals surface area contributed by atoms with E-state index in [1.54, 1.807) is 6.92 Å². The summed E-state index contributed by atoms with van der Waals surface area (Å²) in [6.07, 6.45) is 3.38. The quantitative estimate of drug-likeness (QED) is 0.652. The van der Waals surface area contributed by atoms with Gasteiger partial charge in [0.2, 0.25) is 0 Å². The number of rotatable bonds is 1. The molecular formula is C12H19NO2. The molecule has 1 aliphatic carbocycles. The number of hydrogen-bond donors (Lipinski definition) is 0. The van der Waals surface area contributed by atoms with E-state index in [0.717, 1.165) is 25.8 Å². The van der Waals surface area contributed by atoms with E-state index in [9.17, 15) is 9.59 Å². The lowest BCUT2D eigenvalue weighted by Gasteiger charge is -2.43. The van der Waals surface area contributed by atoms with Crippen LogP contribution in [0.15, 0.2) is 0 Å². The van der Waals surface area contributed by atoms with Gasteiger partial charge < -0.3 is 0 Å². The molecule has 3 nitrogen and oxygen atoms in total. The first-order chi connectivity index (χ1) is 7.08. The van der Waals surface area contributed by atoms with Gasteiger partial charge in [0, 0.05) is 19.4 Å². The minimum absolute atomic E-state index is 0.0529. The van der Waals surface area contributed by atoms with Gasteiger partial charge in [-0.05, 0) is 38.6 Å². The summed E-state index contributed by atoms with van der Waals surface area (Å²) in [6, 6.07) is 0.0529. The highest BCUT2D eigenvalue weighted by Gasteiger charge is 2.38. The maximum Gasteiger partial charge on any atom is 0.146 e. The molecule has 1 aliphatic heterocycles. The Morgan fingerprint density at radius 1 is 1.40 bits per heavy atom. The van der Waals surface area contributed by atoms with Crippen molar-refractivity contribution in [2.24, 2.45) is 11.8 Å². The van der Waals surface area contributed by atoms with Crippen molar-refractivity contribution in [3.63, 3.8) is 0 Å². The van der Waals surface area contributed by atoms with Crippen molar-refractivity contribution in [3.8, 4) is 0 Å². The smallest absolute Gasteiger partial charge is 0.146 e. The van der Waals surface area contributed by atoms with Gasteiger partial charge in [0.1, 0.15) is 11.6 Å². The molecule has 0 N–H and O–H groups in total. The second-order valence-electron chi connectivity index (χ2n) is 5.10. The molecule has 0 unspecified atom stereocenters. The molecule has 1 saturated heterocycles. The molecule has 0 radical (unpaired) electrons. The van der Waals surface area contributed by atoms with Gasteiger partial charge >= 0.3 is 0 Å². The molecule has 0 aromatic rings.